The SMILES string of the molecule is O=C(OOC(=O)C(O)C(O)C(O)C(O)CO)c1cn(C2CC2)c2cc(N3CCNCC3)c(F)cc2c1=O. The molecule has 1 aromatic carbocycles. The summed E-state index contributed by atoms with van der Waals surface area (Å²) in [7, 11) is 0. The van der Waals surface area contributed by atoms with Gasteiger partial charge in [0.05, 0.1) is 17.8 Å². The van der Waals surface area contributed by atoms with E-state index >= 15 is 4.39 Å². The van der Waals surface area contributed by atoms with E-state index in [-0.39, 0.29) is 11.4 Å². The second-order valence-corrected chi connectivity index (χ2v) is 9.02. The molecular weight excluding hydrogens is 497 g/mol. The van der Waals surface area contributed by atoms with Crippen LogP contribution in [-0.2, 0) is 14.6 Å². The Hall–Kier alpha value is -3.14. The molecule has 1 aliphatic carbocycles. The Balaban J connectivity index is 1.57. The summed E-state index contributed by atoms with van der Waals surface area (Å²) in [6, 6.07) is 2.61. The molecule has 1 aromatic heterocycles. The van der Waals surface area contributed by atoms with Gasteiger partial charge in [0.15, 0.2) is 6.10 Å². The molecule has 2 aliphatic rings. The molecule has 1 saturated heterocycles. The number of carbonyl (C=O) groups excluding carboxylic acids is 2. The first-order valence-electron chi connectivity index (χ1n) is 11.7. The van der Waals surface area contributed by atoms with E-state index in [1.165, 1.54) is 6.20 Å². The van der Waals surface area contributed by atoms with Gasteiger partial charge in [-0.3, -0.25) is 4.79 Å². The highest BCUT2D eigenvalue weighted by Crippen LogP contribution is 2.38. The number of fused-ring (bicyclic) bond motifs is 1. The fraction of sp³-hybridized carbons (Fsp3) is 0.522. The van der Waals surface area contributed by atoms with Gasteiger partial charge in [-0.1, -0.05) is 0 Å². The van der Waals surface area contributed by atoms with E-state index in [1.807, 2.05) is 4.90 Å². The van der Waals surface area contributed by atoms with Crippen molar-refractivity contribution in [1.82, 2.24) is 9.88 Å². The third-order valence-electron chi connectivity index (χ3n) is 6.41. The predicted molar refractivity (Wildman–Crippen MR) is 124 cm³/mol. The number of nitrogens with one attached hydrogen (secondary N) is 1. The number of pyridine rings is 1. The first-order valence-corrected chi connectivity index (χ1v) is 11.7. The average molecular weight is 525 g/mol. The van der Waals surface area contributed by atoms with Crippen LogP contribution in [0.4, 0.5) is 10.1 Å². The Morgan fingerprint density at radius 3 is 2.38 bits per heavy atom. The van der Waals surface area contributed by atoms with Crippen LogP contribution >= 0.6 is 0 Å². The van der Waals surface area contributed by atoms with Gasteiger partial charge in [0.2, 0.25) is 5.43 Å². The van der Waals surface area contributed by atoms with Crippen molar-refractivity contribution in [3.63, 3.8) is 0 Å². The van der Waals surface area contributed by atoms with E-state index in [0.717, 1.165) is 18.9 Å². The average Bonchev–Trinajstić information content (AvgIpc) is 3.76. The number of aliphatic hydroxyl groups excluding tert-OH is 5. The van der Waals surface area contributed by atoms with E-state index in [2.05, 4.69) is 15.1 Å². The number of aliphatic hydroxyl groups is 5. The fourth-order valence-corrected chi connectivity index (χ4v) is 4.14. The molecule has 0 bridgehead atoms. The summed E-state index contributed by atoms with van der Waals surface area (Å²) in [5.74, 6) is -3.74. The van der Waals surface area contributed by atoms with E-state index in [1.54, 1.807) is 10.6 Å². The summed E-state index contributed by atoms with van der Waals surface area (Å²) < 4.78 is 16.7. The largest absolute Gasteiger partial charge is 0.394 e. The van der Waals surface area contributed by atoms with E-state index in [4.69, 9.17) is 5.11 Å². The Bertz CT molecular complexity index is 1230. The number of benzene rings is 1. The van der Waals surface area contributed by atoms with Gasteiger partial charge < -0.3 is 40.3 Å². The van der Waals surface area contributed by atoms with Crippen molar-refractivity contribution in [1.29, 1.82) is 0 Å². The molecule has 0 spiro atoms. The topological polar surface area (TPSA) is 191 Å². The van der Waals surface area contributed by atoms with Crippen LogP contribution < -0.4 is 15.6 Å². The zero-order chi connectivity index (χ0) is 26.9. The van der Waals surface area contributed by atoms with Crippen molar-refractivity contribution < 1.29 is 49.3 Å². The smallest absolute Gasteiger partial charge is 0.391 e. The lowest BCUT2D eigenvalue weighted by Gasteiger charge is -2.30. The molecule has 4 rings (SSSR count). The Morgan fingerprint density at radius 1 is 1.08 bits per heavy atom. The Morgan fingerprint density at radius 2 is 1.76 bits per heavy atom. The van der Waals surface area contributed by atoms with Crippen molar-refractivity contribution in [2.24, 2.45) is 0 Å². The molecule has 14 heteroatoms. The van der Waals surface area contributed by atoms with Crippen molar-refractivity contribution in [3.8, 4) is 0 Å². The van der Waals surface area contributed by atoms with Crippen molar-refractivity contribution in [2.45, 2.75) is 43.3 Å². The maximum Gasteiger partial charge on any atom is 0.391 e. The van der Waals surface area contributed by atoms with Gasteiger partial charge in [-0.15, -0.1) is 0 Å². The third-order valence-corrected chi connectivity index (χ3v) is 6.41. The number of carbonyl (C=O) groups is 2. The Labute approximate surface area is 209 Å². The zero-order valence-electron chi connectivity index (χ0n) is 19.6. The molecule has 13 nitrogen and oxygen atoms in total. The normalized spacial score (nSPS) is 19.2. The summed E-state index contributed by atoms with van der Waals surface area (Å²) in [5, 5.41) is 50.4. The number of halogens is 1. The molecule has 1 saturated carbocycles. The third kappa shape index (κ3) is 5.58. The number of hydrogen-bond donors (Lipinski definition) is 6. The molecule has 2 heterocycles. The van der Waals surface area contributed by atoms with Gasteiger partial charge in [-0.2, -0.15) is 0 Å². The first-order chi connectivity index (χ1) is 17.6. The number of hydrogen-bond acceptors (Lipinski definition) is 12. The second kappa shape index (κ2) is 11.1. The maximum absolute atomic E-state index is 15.0. The van der Waals surface area contributed by atoms with Gasteiger partial charge in [0.25, 0.3) is 0 Å². The summed E-state index contributed by atoms with van der Waals surface area (Å²) in [5.41, 5.74) is -0.632. The highest BCUT2D eigenvalue weighted by atomic mass is 19.1. The molecule has 4 atom stereocenters. The maximum atomic E-state index is 15.0. The number of rotatable bonds is 8. The van der Waals surface area contributed by atoms with Gasteiger partial charge in [0, 0.05) is 43.8 Å². The number of piperazine rings is 1. The van der Waals surface area contributed by atoms with Crippen LogP contribution in [0.2, 0.25) is 0 Å². The fourth-order valence-electron chi connectivity index (χ4n) is 4.14. The van der Waals surface area contributed by atoms with Crippen LogP contribution in [0.1, 0.15) is 29.2 Å². The molecule has 4 unspecified atom stereocenters. The first kappa shape index (κ1) is 26.9. The summed E-state index contributed by atoms with van der Waals surface area (Å²) in [4.78, 5) is 48.1. The quantitative estimate of drug-likeness (QED) is 0.163. The van der Waals surface area contributed by atoms with Gasteiger partial charge >= 0.3 is 11.9 Å². The summed E-state index contributed by atoms with van der Waals surface area (Å²) in [6.45, 7) is 1.57. The lowest BCUT2D eigenvalue weighted by atomic mass is 10.0. The van der Waals surface area contributed by atoms with E-state index in [0.29, 0.717) is 37.4 Å². The second-order valence-electron chi connectivity index (χ2n) is 9.02. The molecule has 0 radical (unpaired) electrons. The summed E-state index contributed by atoms with van der Waals surface area (Å²) >= 11 is 0. The predicted octanol–water partition coefficient (Wildman–Crippen LogP) is -2.06. The van der Waals surface area contributed by atoms with E-state index in [9.17, 15) is 34.8 Å². The molecule has 202 valence electrons. The molecular formula is C23H28FN3O10. The number of nitrogens with zero attached hydrogens (tertiary/aromatic N) is 2. The monoisotopic (exact) mass is 525 g/mol. The number of aromatic nitrogens is 1. The lowest BCUT2D eigenvalue weighted by molar-refractivity contribution is -0.248. The summed E-state index contributed by atoms with van der Waals surface area (Å²) in [6.07, 6.45) is -5.94. The van der Waals surface area contributed by atoms with Crippen LogP contribution in [0.5, 0.6) is 0 Å². The molecule has 1 aliphatic heterocycles. The molecule has 0 amide bonds. The standard InChI is InChI=1S/C23H28FN3O10/c24-14-7-12-15(8-16(14)26-5-3-25-4-6-26)27(11-1-2-11)9-13(18(12)30)22(34)36-37-23(35)21(33)20(32)19(31)17(29)10-28/h7-9,11,17,19-21,25,28-29,31-33H,1-6,10H2. The van der Waals surface area contributed by atoms with Gasteiger partial charge in [-0.25, -0.2) is 23.8 Å². The highest BCUT2D eigenvalue weighted by molar-refractivity contribution is 5.95. The van der Waals surface area contributed by atoms with Gasteiger partial charge in [0.1, 0.15) is 29.7 Å². The zero-order valence-corrected chi connectivity index (χ0v) is 19.6. The minimum absolute atomic E-state index is 0.0325. The minimum atomic E-state index is -2.46. The van der Waals surface area contributed by atoms with E-state index < -0.39 is 59.8 Å². The van der Waals surface area contributed by atoms with Crippen molar-refractivity contribution in [2.75, 3.05) is 37.7 Å². The number of anilines is 1. The Kier molecular flexibility index (Phi) is 8.06. The van der Waals surface area contributed by atoms with Crippen LogP contribution in [0.3, 0.4) is 0 Å². The van der Waals surface area contributed by atoms with Crippen molar-refractivity contribution >= 4 is 28.5 Å². The van der Waals surface area contributed by atoms with Gasteiger partial charge in [-0.05, 0) is 25.0 Å². The molecule has 37 heavy (non-hydrogen) atoms. The minimum Gasteiger partial charge on any atom is -0.394 e. The van der Waals surface area contributed by atoms with Crippen LogP contribution in [0.15, 0.2) is 23.1 Å². The van der Waals surface area contributed by atoms with Crippen LogP contribution in [0, 0.1) is 5.82 Å². The van der Waals surface area contributed by atoms with Crippen LogP contribution in [-0.4, -0.2) is 99.2 Å². The van der Waals surface area contributed by atoms with Crippen molar-refractivity contribution in [3.05, 3.63) is 39.9 Å². The molecule has 6 N–H and O–H groups in total. The van der Waals surface area contributed by atoms with Crippen LogP contribution in [0.25, 0.3) is 10.9 Å². The lowest BCUT2D eigenvalue weighted by Crippen LogP contribution is -2.49. The highest BCUT2D eigenvalue weighted by Gasteiger charge is 2.37. The molecule has 2 fully saturated rings. The molecule has 2 aromatic rings.